The molecule has 0 unspecified atom stereocenters. The van der Waals surface area contributed by atoms with E-state index in [1.54, 1.807) is 31.6 Å². The number of rotatable bonds is 6. The van der Waals surface area contributed by atoms with Crippen molar-refractivity contribution in [1.82, 2.24) is 14.9 Å². The predicted octanol–water partition coefficient (Wildman–Crippen LogP) is 4.07. The van der Waals surface area contributed by atoms with Crippen LogP contribution in [0.2, 0.25) is 0 Å². The number of benzene rings is 1. The minimum absolute atomic E-state index is 0.0561. The SMILES string of the molecule is COc1ccc(CN2[C@@H](c3ccccn3)C(C(=O)O)=C(O)C[C@H]2c2ccccn2)cc1. The van der Waals surface area contributed by atoms with E-state index in [-0.39, 0.29) is 23.8 Å². The van der Waals surface area contributed by atoms with E-state index in [1.165, 1.54) is 0 Å². The molecule has 1 aliphatic rings. The van der Waals surface area contributed by atoms with Crippen LogP contribution in [-0.4, -0.2) is 38.2 Å². The lowest BCUT2D eigenvalue weighted by Crippen LogP contribution is -2.40. The first-order valence-corrected chi connectivity index (χ1v) is 9.94. The van der Waals surface area contributed by atoms with Gasteiger partial charge in [-0.25, -0.2) is 4.79 Å². The zero-order valence-electron chi connectivity index (χ0n) is 17.0. The number of hydrogen-bond acceptors (Lipinski definition) is 6. The number of methoxy groups -OCH3 is 1. The highest BCUT2D eigenvalue weighted by Crippen LogP contribution is 2.44. The van der Waals surface area contributed by atoms with Crippen LogP contribution in [0.1, 0.15) is 35.5 Å². The molecule has 0 spiro atoms. The number of carbonyl (C=O) groups is 1. The van der Waals surface area contributed by atoms with Gasteiger partial charge in [0.25, 0.3) is 0 Å². The lowest BCUT2D eigenvalue weighted by atomic mass is 9.88. The average molecular weight is 417 g/mol. The number of hydrogen-bond donors (Lipinski definition) is 2. The monoisotopic (exact) mass is 417 g/mol. The van der Waals surface area contributed by atoms with Crippen LogP contribution in [0.4, 0.5) is 0 Å². The Balaban J connectivity index is 1.84. The predicted molar refractivity (Wildman–Crippen MR) is 114 cm³/mol. The van der Waals surface area contributed by atoms with Gasteiger partial charge in [-0.3, -0.25) is 14.9 Å². The number of ether oxygens (including phenoxy) is 1. The third-order valence-electron chi connectivity index (χ3n) is 5.45. The van der Waals surface area contributed by atoms with E-state index >= 15 is 0 Å². The average Bonchev–Trinajstić information content (AvgIpc) is 2.81. The van der Waals surface area contributed by atoms with Crippen molar-refractivity contribution in [2.75, 3.05) is 7.11 Å². The van der Waals surface area contributed by atoms with Gasteiger partial charge < -0.3 is 14.9 Å². The number of aliphatic hydroxyl groups excluding tert-OH is 1. The molecule has 0 aliphatic carbocycles. The number of pyridine rings is 2. The van der Waals surface area contributed by atoms with Gasteiger partial charge in [-0.05, 0) is 42.0 Å². The summed E-state index contributed by atoms with van der Waals surface area (Å²) in [6, 6.07) is 17.6. The zero-order chi connectivity index (χ0) is 21.8. The van der Waals surface area contributed by atoms with E-state index in [4.69, 9.17) is 4.74 Å². The highest BCUT2D eigenvalue weighted by Gasteiger charge is 2.42. The molecule has 3 aromatic rings. The normalized spacial score (nSPS) is 19.3. The second-order valence-electron chi connectivity index (χ2n) is 7.32. The molecule has 1 aromatic carbocycles. The summed E-state index contributed by atoms with van der Waals surface area (Å²) in [5.74, 6) is -0.564. The molecule has 0 radical (unpaired) electrons. The van der Waals surface area contributed by atoms with Crippen LogP contribution in [-0.2, 0) is 11.3 Å². The molecule has 2 N–H and O–H groups in total. The third kappa shape index (κ3) is 4.27. The summed E-state index contributed by atoms with van der Waals surface area (Å²) in [7, 11) is 1.61. The van der Waals surface area contributed by atoms with Gasteiger partial charge in [-0.1, -0.05) is 24.3 Å². The summed E-state index contributed by atoms with van der Waals surface area (Å²) < 4.78 is 5.25. The number of aromatic nitrogens is 2. The Labute approximate surface area is 180 Å². The quantitative estimate of drug-likeness (QED) is 0.624. The molecule has 2 aromatic heterocycles. The van der Waals surface area contributed by atoms with Crippen LogP contribution in [0.25, 0.3) is 0 Å². The van der Waals surface area contributed by atoms with Gasteiger partial charge in [0.2, 0.25) is 0 Å². The topological polar surface area (TPSA) is 95.8 Å². The highest BCUT2D eigenvalue weighted by molar-refractivity contribution is 5.89. The Hall–Kier alpha value is -3.71. The first-order chi connectivity index (χ1) is 15.1. The number of carboxylic acids is 1. The molecule has 31 heavy (non-hydrogen) atoms. The fourth-order valence-corrected chi connectivity index (χ4v) is 4.00. The van der Waals surface area contributed by atoms with Gasteiger partial charge >= 0.3 is 5.97 Å². The number of aliphatic carboxylic acids is 1. The lowest BCUT2D eigenvalue weighted by molar-refractivity contribution is -0.134. The summed E-state index contributed by atoms with van der Waals surface area (Å²) in [5, 5.41) is 20.7. The van der Waals surface area contributed by atoms with E-state index in [0.29, 0.717) is 12.2 Å². The van der Waals surface area contributed by atoms with Gasteiger partial charge in [0.05, 0.1) is 36.2 Å². The standard InChI is InChI=1S/C24H23N3O4/c1-31-17-10-8-16(9-11-17)15-27-20(18-6-2-4-12-25-18)14-21(28)22(24(29)30)23(27)19-7-3-5-13-26-19/h2-13,20,23,28H,14-15H2,1H3,(H,29,30)/t20-,23-/m0/s1. The van der Waals surface area contributed by atoms with E-state index in [9.17, 15) is 15.0 Å². The largest absolute Gasteiger partial charge is 0.512 e. The van der Waals surface area contributed by atoms with E-state index in [0.717, 1.165) is 17.0 Å². The van der Waals surface area contributed by atoms with Crippen molar-refractivity contribution >= 4 is 5.97 Å². The summed E-state index contributed by atoms with van der Waals surface area (Å²) in [6.07, 6.45) is 3.48. The Bertz CT molecular complexity index is 1070. The molecular formula is C24H23N3O4. The fourth-order valence-electron chi connectivity index (χ4n) is 4.00. The molecule has 1 aliphatic heterocycles. The molecule has 0 bridgehead atoms. The van der Waals surface area contributed by atoms with Crippen molar-refractivity contribution in [3.63, 3.8) is 0 Å². The molecule has 0 amide bonds. The maximum atomic E-state index is 12.2. The van der Waals surface area contributed by atoms with Gasteiger partial charge in [0.15, 0.2) is 0 Å². The molecule has 0 saturated carbocycles. The molecule has 7 heteroatoms. The van der Waals surface area contributed by atoms with Crippen LogP contribution in [0.15, 0.2) is 84.4 Å². The number of nitrogens with zero attached hydrogens (tertiary/aromatic N) is 3. The second-order valence-corrected chi connectivity index (χ2v) is 7.32. The summed E-state index contributed by atoms with van der Waals surface area (Å²) in [6.45, 7) is 0.441. The minimum atomic E-state index is -1.16. The van der Waals surface area contributed by atoms with Crippen LogP contribution in [0, 0.1) is 0 Å². The van der Waals surface area contributed by atoms with Crippen molar-refractivity contribution in [3.05, 3.63) is 101 Å². The molecule has 0 fully saturated rings. The van der Waals surface area contributed by atoms with Crippen molar-refractivity contribution in [3.8, 4) is 5.75 Å². The maximum absolute atomic E-state index is 12.2. The van der Waals surface area contributed by atoms with Crippen LogP contribution in [0.3, 0.4) is 0 Å². The van der Waals surface area contributed by atoms with E-state index in [2.05, 4.69) is 9.97 Å². The Kier molecular flexibility index (Phi) is 5.95. The minimum Gasteiger partial charge on any atom is -0.512 e. The Morgan fingerprint density at radius 3 is 2.23 bits per heavy atom. The molecule has 158 valence electrons. The Morgan fingerprint density at radius 2 is 1.68 bits per heavy atom. The smallest absolute Gasteiger partial charge is 0.337 e. The molecule has 0 saturated heterocycles. The molecule has 3 heterocycles. The first-order valence-electron chi connectivity index (χ1n) is 9.94. The van der Waals surface area contributed by atoms with Crippen LogP contribution >= 0.6 is 0 Å². The highest BCUT2D eigenvalue weighted by atomic mass is 16.5. The van der Waals surface area contributed by atoms with Crippen molar-refractivity contribution in [2.24, 2.45) is 0 Å². The van der Waals surface area contributed by atoms with Crippen LogP contribution in [0.5, 0.6) is 5.75 Å². The number of aliphatic hydroxyl groups is 1. The van der Waals surface area contributed by atoms with Gasteiger partial charge in [-0.2, -0.15) is 0 Å². The molecule has 4 rings (SSSR count). The first kappa shape index (κ1) is 20.6. The van der Waals surface area contributed by atoms with Crippen molar-refractivity contribution in [2.45, 2.75) is 25.0 Å². The van der Waals surface area contributed by atoms with Gasteiger partial charge in [0.1, 0.15) is 11.5 Å². The summed E-state index contributed by atoms with van der Waals surface area (Å²) >= 11 is 0. The van der Waals surface area contributed by atoms with Crippen molar-refractivity contribution in [1.29, 1.82) is 0 Å². The summed E-state index contributed by atoms with van der Waals surface area (Å²) in [4.78, 5) is 23.1. The van der Waals surface area contributed by atoms with E-state index in [1.807, 2.05) is 53.4 Å². The molecular weight excluding hydrogens is 394 g/mol. The molecule has 7 nitrogen and oxygen atoms in total. The van der Waals surface area contributed by atoms with Crippen LogP contribution < -0.4 is 4.74 Å². The van der Waals surface area contributed by atoms with Gasteiger partial charge in [0, 0.05) is 25.4 Å². The third-order valence-corrected chi connectivity index (χ3v) is 5.45. The number of carboxylic acid groups (broad SMARTS) is 1. The summed E-state index contributed by atoms with van der Waals surface area (Å²) in [5.41, 5.74) is 2.24. The second kappa shape index (κ2) is 8.97. The zero-order valence-corrected chi connectivity index (χ0v) is 17.0. The molecule has 2 atom stereocenters. The maximum Gasteiger partial charge on any atom is 0.337 e. The Morgan fingerprint density at radius 1 is 1.03 bits per heavy atom. The van der Waals surface area contributed by atoms with E-state index < -0.39 is 12.0 Å². The fraction of sp³-hybridized carbons (Fsp3) is 0.208. The van der Waals surface area contributed by atoms with Gasteiger partial charge in [-0.15, -0.1) is 0 Å². The lowest BCUT2D eigenvalue weighted by Gasteiger charge is -2.41. The van der Waals surface area contributed by atoms with Crippen molar-refractivity contribution < 1.29 is 19.7 Å².